The van der Waals surface area contributed by atoms with Gasteiger partial charge in [0.2, 0.25) is 11.8 Å². The van der Waals surface area contributed by atoms with Crippen LogP contribution in [-0.4, -0.2) is 42.2 Å². The lowest BCUT2D eigenvalue weighted by molar-refractivity contribution is -0.122. The number of aryl methyl sites for hydroxylation is 1. The Morgan fingerprint density at radius 1 is 1.19 bits per heavy atom. The first-order valence-electron chi connectivity index (χ1n) is 9.69. The Labute approximate surface area is 195 Å². The van der Waals surface area contributed by atoms with Gasteiger partial charge in [-0.3, -0.25) is 9.59 Å². The van der Waals surface area contributed by atoms with E-state index in [1.807, 2.05) is 19.1 Å². The summed E-state index contributed by atoms with van der Waals surface area (Å²) in [6, 6.07) is 10.7. The number of hydrogen-bond acceptors (Lipinski definition) is 7. The number of nitrogens with zero attached hydrogens (tertiary/aromatic N) is 2. The third kappa shape index (κ3) is 5.80. The molecule has 1 saturated heterocycles. The molecule has 32 heavy (non-hydrogen) atoms. The van der Waals surface area contributed by atoms with E-state index in [1.54, 1.807) is 45.4 Å². The van der Waals surface area contributed by atoms with Crippen molar-refractivity contribution in [3.8, 4) is 11.5 Å². The number of halogens is 1. The second kappa shape index (κ2) is 10.5. The molecule has 1 atom stereocenters. The standard InChI is InChI=1S/C22H23ClN4O4S/c1-12-5-7-15(23)10-16(12)24-20(28)11-19-21(29)25-22(32-19)27-26-13(2)14-6-8-17(30-3)18(9-14)31-4/h5-10,19H,11H2,1-4H3,(H,24,28)(H,25,27,29)/b26-13-/t19-/m1/s1. The number of anilines is 1. The number of carbonyl (C=O) groups excluding carboxylic acids is 2. The summed E-state index contributed by atoms with van der Waals surface area (Å²) in [6.45, 7) is 3.66. The topological polar surface area (TPSA) is 101 Å². The molecule has 0 radical (unpaired) electrons. The predicted octanol–water partition coefficient (Wildman–Crippen LogP) is 4.01. The lowest BCUT2D eigenvalue weighted by Gasteiger charge is -2.10. The van der Waals surface area contributed by atoms with Crippen LogP contribution in [0.15, 0.2) is 46.6 Å². The molecule has 2 aromatic carbocycles. The second-order valence-corrected chi connectivity index (χ2v) is 8.60. The molecule has 2 N–H and O–H groups in total. The van der Waals surface area contributed by atoms with E-state index in [0.717, 1.165) is 11.1 Å². The zero-order chi connectivity index (χ0) is 23.3. The Morgan fingerprint density at radius 3 is 2.66 bits per heavy atom. The SMILES string of the molecule is COc1ccc(/C(C)=N\N=C2/NC(=O)[C@@H](CC(=O)Nc3cc(Cl)ccc3C)S2)cc1OC. The molecule has 8 nitrogen and oxygen atoms in total. The van der Waals surface area contributed by atoms with Gasteiger partial charge in [-0.15, -0.1) is 5.10 Å². The number of thioether (sulfide) groups is 1. The summed E-state index contributed by atoms with van der Waals surface area (Å²) in [4.78, 5) is 24.7. The molecule has 0 saturated carbocycles. The fourth-order valence-electron chi connectivity index (χ4n) is 2.92. The van der Waals surface area contributed by atoms with Crippen molar-refractivity contribution in [1.29, 1.82) is 0 Å². The van der Waals surface area contributed by atoms with Crippen LogP contribution in [0.5, 0.6) is 11.5 Å². The minimum atomic E-state index is -0.593. The summed E-state index contributed by atoms with van der Waals surface area (Å²) >= 11 is 7.16. The molecule has 10 heteroatoms. The third-order valence-electron chi connectivity index (χ3n) is 4.71. The molecule has 0 unspecified atom stereocenters. The van der Waals surface area contributed by atoms with Crippen LogP contribution in [-0.2, 0) is 9.59 Å². The molecule has 0 aliphatic carbocycles. The Bertz CT molecular complexity index is 1100. The summed E-state index contributed by atoms with van der Waals surface area (Å²) in [6.07, 6.45) is -0.000150. The van der Waals surface area contributed by atoms with Crippen LogP contribution in [0.25, 0.3) is 0 Å². The highest BCUT2D eigenvalue weighted by molar-refractivity contribution is 8.15. The molecule has 0 aromatic heterocycles. The van der Waals surface area contributed by atoms with Gasteiger partial charge in [-0.25, -0.2) is 0 Å². The summed E-state index contributed by atoms with van der Waals surface area (Å²) in [5.41, 5.74) is 2.93. The van der Waals surface area contributed by atoms with Gasteiger partial charge in [-0.1, -0.05) is 29.4 Å². The van der Waals surface area contributed by atoms with Crippen molar-refractivity contribution in [2.75, 3.05) is 19.5 Å². The van der Waals surface area contributed by atoms with Crippen molar-refractivity contribution in [3.63, 3.8) is 0 Å². The van der Waals surface area contributed by atoms with Crippen molar-refractivity contribution < 1.29 is 19.1 Å². The monoisotopic (exact) mass is 474 g/mol. The maximum Gasteiger partial charge on any atom is 0.240 e. The van der Waals surface area contributed by atoms with Gasteiger partial charge >= 0.3 is 0 Å². The number of amides is 2. The van der Waals surface area contributed by atoms with Gasteiger partial charge in [0.1, 0.15) is 5.25 Å². The lowest BCUT2D eigenvalue weighted by atomic mass is 10.1. The molecule has 1 aliphatic heterocycles. The van der Waals surface area contributed by atoms with Crippen molar-refractivity contribution in [2.24, 2.45) is 10.2 Å². The first kappa shape index (κ1) is 23.6. The summed E-state index contributed by atoms with van der Waals surface area (Å²) in [5.74, 6) is 0.625. The first-order chi connectivity index (χ1) is 15.3. The highest BCUT2D eigenvalue weighted by Crippen LogP contribution is 2.28. The molecule has 1 fully saturated rings. The maximum atomic E-state index is 12.4. The number of hydrogen-bond donors (Lipinski definition) is 2. The van der Waals surface area contributed by atoms with E-state index >= 15 is 0 Å². The lowest BCUT2D eigenvalue weighted by Crippen LogP contribution is -2.28. The molecule has 0 bridgehead atoms. The smallest absolute Gasteiger partial charge is 0.240 e. The van der Waals surface area contributed by atoms with E-state index < -0.39 is 5.25 Å². The van der Waals surface area contributed by atoms with Crippen molar-refractivity contribution in [3.05, 3.63) is 52.5 Å². The second-order valence-electron chi connectivity index (χ2n) is 6.97. The van der Waals surface area contributed by atoms with Crippen LogP contribution >= 0.6 is 23.4 Å². The number of carbonyl (C=O) groups is 2. The number of nitrogens with one attached hydrogen (secondary N) is 2. The van der Waals surface area contributed by atoms with Crippen molar-refractivity contribution in [1.82, 2.24) is 5.32 Å². The van der Waals surface area contributed by atoms with E-state index in [-0.39, 0.29) is 18.2 Å². The van der Waals surface area contributed by atoms with E-state index in [4.69, 9.17) is 21.1 Å². The minimum Gasteiger partial charge on any atom is -0.493 e. The molecule has 1 heterocycles. The quantitative estimate of drug-likeness (QED) is 0.466. The molecular formula is C22H23ClN4O4S. The fraction of sp³-hybridized carbons (Fsp3) is 0.273. The predicted molar refractivity (Wildman–Crippen MR) is 128 cm³/mol. The maximum absolute atomic E-state index is 12.4. The summed E-state index contributed by atoms with van der Waals surface area (Å²) in [5, 5.41) is 14.1. The Balaban J connectivity index is 1.64. The molecular weight excluding hydrogens is 452 g/mol. The van der Waals surface area contributed by atoms with Gasteiger partial charge in [0.05, 0.1) is 19.9 Å². The van der Waals surface area contributed by atoms with E-state index in [2.05, 4.69) is 20.8 Å². The molecule has 1 aliphatic rings. The van der Waals surface area contributed by atoms with Crippen molar-refractivity contribution in [2.45, 2.75) is 25.5 Å². The van der Waals surface area contributed by atoms with Crippen molar-refractivity contribution >= 4 is 51.7 Å². The van der Waals surface area contributed by atoms with E-state index in [9.17, 15) is 9.59 Å². The zero-order valence-electron chi connectivity index (χ0n) is 18.1. The summed E-state index contributed by atoms with van der Waals surface area (Å²) < 4.78 is 10.5. The Hall–Kier alpha value is -3.04. The van der Waals surface area contributed by atoms with Gasteiger partial charge < -0.3 is 20.1 Å². The number of ether oxygens (including phenoxy) is 2. The molecule has 2 amide bonds. The van der Waals surface area contributed by atoms with Crippen LogP contribution in [0, 0.1) is 6.92 Å². The average molecular weight is 475 g/mol. The molecule has 3 rings (SSSR count). The van der Waals surface area contributed by atoms with Gasteiger partial charge in [-0.2, -0.15) is 5.10 Å². The van der Waals surface area contributed by atoms with E-state index in [1.165, 1.54) is 11.8 Å². The van der Waals surface area contributed by atoms with Crippen LogP contribution < -0.4 is 20.1 Å². The number of rotatable bonds is 7. The van der Waals surface area contributed by atoms with Gasteiger partial charge in [0.25, 0.3) is 0 Å². The number of methoxy groups -OCH3 is 2. The van der Waals surface area contributed by atoms with Gasteiger partial charge in [0.15, 0.2) is 16.7 Å². The first-order valence-corrected chi connectivity index (χ1v) is 10.9. The van der Waals surface area contributed by atoms with Crippen LogP contribution in [0.3, 0.4) is 0 Å². The Kier molecular flexibility index (Phi) is 7.76. The highest BCUT2D eigenvalue weighted by atomic mass is 35.5. The van der Waals surface area contributed by atoms with E-state index in [0.29, 0.717) is 33.1 Å². The average Bonchev–Trinajstić information content (AvgIpc) is 3.12. The largest absolute Gasteiger partial charge is 0.493 e. The molecule has 2 aromatic rings. The number of amidine groups is 1. The molecule has 0 spiro atoms. The van der Waals surface area contributed by atoms with Gasteiger partial charge in [-0.05, 0) is 49.7 Å². The number of benzene rings is 2. The van der Waals surface area contributed by atoms with Crippen LogP contribution in [0.1, 0.15) is 24.5 Å². The van der Waals surface area contributed by atoms with Crippen LogP contribution in [0.4, 0.5) is 5.69 Å². The Morgan fingerprint density at radius 2 is 1.94 bits per heavy atom. The zero-order valence-corrected chi connectivity index (χ0v) is 19.6. The summed E-state index contributed by atoms with van der Waals surface area (Å²) in [7, 11) is 3.13. The van der Waals surface area contributed by atoms with Gasteiger partial charge in [0, 0.05) is 22.7 Å². The minimum absolute atomic E-state index is 0.000150. The third-order valence-corrected chi connectivity index (χ3v) is 6.02. The van der Waals surface area contributed by atoms with Crippen LogP contribution in [0.2, 0.25) is 5.02 Å². The highest BCUT2D eigenvalue weighted by Gasteiger charge is 2.32. The molecule has 168 valence electrons. The normalized spacial score (nSPS) is 17.3. The fourth-order valence-corrected chi connectivity index (χ4v) is 4.01.